The summed E-state index contributed by atoms with van der Waals surface area (Å²) in [5, 5.41) is 0. The van der Waals surface area contributed by atoms with Gasteiger partial charge in [0.25, 0.3) is 0 Å². The molecule has 0 heterocycles. The van der Waals surface area contributed by atoms with Gasteiger partial charge in [0.1, 0.15) is 0 Å². The van der Waals surface area contributed by atoms with Gasteiger partial charge in [0.05, 0.1) is 8.07 Å². The van der Waals surface area contributed by atoms with E-state index in [2.05, 4.69) is 32.0 Å². The van der Waals surface area contributed by atoms with E-state index in [0.29, 0.717) is 0 Å². The Kier molecular flexibility index (Phi) is 8.02. The van der Waals surface area contributed by atoms with Crippen molar-refractivity contribution >= 4 is 8.07 Å². The van der Waals surface area contributed by atoms with Gasteiger partial charge < -0.3 is 0 Å². The van der Waals surface area contributed by atoms with Gasteiger partial charge in [0.2, 0.25) is 0 Å². The van der Waals surface area contributed by atoms with E-state index in [1.165, 1.54) is 18.1 Å². The number of hydrogen-bond acceptors (Lipinski definition) is 0. The molecule has 0 aromatic heterocycles. The molecular formula is C14H24Si. The first-order valence-electron chi connectivity index (χ1n) is 5.71. The molecule has 0 nitrogen and oxygen atoms in total. The summed E-state index contributed by atoms with van der Waals surface area (Å²) in [4.78, 5) is 0. The van der Waals surface area contributed by atoms with Crippen molar-refractivity contribution in [3.8, 4) is 0 Å². The average Bonchev–Trinajstić information content (AvgIpc) is 2.29. The van der Waals surface area contributed by atoms with E-state index in [1.807, 2.05) is 18.2 Å². The molecule has 0 fully saturated rings. The fourth-order valence-electron chi connectivity index (χ4n) is 1.85. The van der Waals surface area contributed by atoms with Crippen molar-refractivity contribution in [2.24, 2.45) is 0 Å². The molecular weight excluding hydrogens is 196 g/mol. The van der Waals surface area contributed by atoms with Crippen LogP contribution in [0.15, 0.2) is 50.2 Å². The molecule has 0 aliphatic heterocycles. The fraction of sp³-hybridized carbons (Fsp3) is 0.429. The standard InChI is InChI=1S/C14H24Si/c1-5-9-12-15(8-4,13-10-6-2)14-11-7-3/h5-8H,1-4,9-14H2. The highest BCUT2D eigenvalue weighted by molar-refractivity contribution is 6.84. The minimum absolute atomic E-state index is 1.12. The smallest absolute Gasteiger partial charge is 0.0779 e. The summed E-state index contributed by atoms with van der Waals surface area (Å²) in [6, 6.07) is 3.84. The molecule has 0 aliphatic rings. The Labute approximate surface area is 96.1 Å². The highest BCUT2D eigenvalue weighted by Gasteiger charge is 2.26. The molecule has 0 spiro atoms. The molecule has 0 saturated carbocycles. The van der Waals surface area contributed by atoms with Crippen LogP contribution in [0.1, 0.15) is 19.3 Å². The summed E-state index contributed by atoms with van der Waals surface area (Å²) in [6.45, 7) is 15.5. The van der Waals surface area contributed by atoms with Gasteiger partial charge in [-0.25, -0.2) is 0 Å². The molecule has 0 bridgehead atoms. The third-order valence-electron chi connectivity index (χ3n) is 2.97. The van der Waals surface area contributed by atoms with Crippen LogP contribution in [0.2, 0.25) is 18.1 Å². The summed E-state index contributed by atoms with van der Waals surface area (Å²) in [5.74, 6) is 0. The van der Waals surface area contributed by atoms with E-state index in [9.17, 15) is 0 Å². The highest BCUT2D eigenvalue weighted by Crippen LogP contribution is 2.27. The van der Waals surface area contributed by atoms with Gasteiger partial charge in [-0.15, -0.1) is 32.0 Å². The molecule has 0 N–H and O–H groups in total. The molecule has 0 aromatic rings. The third kappa shape index (κ3) is 5.58. The Morgan fingerprint density at radius 2 is 1.00 bits per heavy atom. The zero-order chi connectivity index (χ0) is 11.6. The van der Waals surface area contributed by atoms with E-state index in [4.69, 9.17) is 0 Å². The monoisotopic (exact) mass is 220 g/mol. The second-order valence-electron chi connectivity index (χ2n) is 4.05. The summed E-state index contributed by atoms with van der Waals surface area (Å²) >= 11 is 0. The van der Waals surface area contributed by atoms with Crippen LogP contribution in [-0.4, -0.2) is 8.07 Å². The van der Waals surface area contributed by atoms with Gasteiger partial charge in [-0.3, -0.25) is 0 Å². The number of hydrogen-bond donors (Lipinski definition) is 0. The van der Waals surface area contributed by atoms with Crippen molar-refractivity contribution in [1.29, 1.82) is 0 Å². The summed E-state index contributed by atoms with van der Waals surface area (Å²) in [7, 11) is -1.28. The fourth-order valence-corrected chi connectivity index (χ4v) is 5.55. The van der Waals surface area contributed by atoms with Crippen molar-refractivity contribution in [1.82, 2.24) is 0 Å². The summed E-state index contributed by atoms with van der Waals surface area (Å²) in [6.07, 6.45) is 9.42. The van der Waals surface area contributed by atoms with E-state index in [0.717, 1.165) is 19.3 Å². The quantitative estimate of drug-likeness (QED) is 0.363. The first-order valence-corrected chi connectivity index (χ1v) is 8.41. The molecule has 0 radical (unpaired) electrons. The van der Waals surface area contributed by atoms with Gasteiger partial charge in [-0.05, 0) is 19.3 Å². The number of allylic oxidation sites excluding steroid dienone is 3. The maximum Gasteiger partial charge on any atom is 0.0779 e. The zero-order valence-electron chi connectivity index (χ0n) is 9.88. The molecule has 15 heavy (non-hydrogen) atoms. The minimum Gasteiger partial charge on any atom is -0.107 e. The van der Waals surface area contributed by atoms with Crippen molar-refractivity contribution < 1.29 is 0 Å². The lowest BCUT2D eigenvalue weighted by Crippen LogP contribution is -2.31. The van der Waals surface area contributed by atoms with Crippen LogP contribution in [0.3, 0.4) is 0 Å². The van der Waals surface area contributed by atoms with Crippen LogP contribution >= 0.6 is 0 Å². The minimum atomic E-state index is -1.28. The lowest BCUT2D eigenvalue weighted by Gasteiger charge is -2.27. The maximum atomic E-state index is 4.05. The molecule has 0 amide bonds. The molecule has 0 aromatic carbocycles. The van der Waals surface area contributed by atoms with E-state index < -0.39 is 8.07 Å². The largest absolute Gasteiger partial charge is 0.107 e. The second kappa shape index (κ2) is 8.48. The third-order valence-corrected chi connectivity index (χ3v) is 7.69. The lowest BCUT2D eigenvalue weighted by atomic mass is 10.5. The van der Waals surface area contributed by atoms with E-state index >= 15 is 0 Å². The van der Waals surface area contributed by atoms with E-state index in [-0.39, 0.29) is 0 Å². The molecule has 84 valence electrons. The van der Waals surface area contributed by atoms with Gasteiger partial charge >= 0.3 is 0 Å². The summed E-state index contributed by atoms with van der Waals surface area (Å²) in [5.41, 5.74) is 2.25. The van der Waals surface area contributed by atoms with Crippen LogP contribution in [0.4, 0.5) is 0 Å². The topological polar surface area (TPSA) is 0 Å². The van der Waals surface area contributed by atoms with Gasteiger partial charge in [0, 0.05) is 0 Å². The van der Waals surface area contributed by atoms with Crippen molar-refractivity contribution in [3.05, 3.63) is 50.2 Å². The number of rotatable bonds is 10. The maximum absolute atomic E-state index is 4.05. The van der Waals surface area contributed by atoms with E-state index in [1.54, 1.807) is 0 Å². The molecule has 0 rings (SSSR count). The Bertz CT molecular complexity index is 184. The van der Waals surface area contributed by atoms with Crippen LogP contribution in [-0.2, 0) is 0 Å². The van der Waals surface area contributed by atoms with Crippen molar-refractivity contribution in [2.45, 2.75) is 37.4 Å². The first-order chi connectivity index (χ1) is 7.24. The van der Waals surface area contributed by atoms with Crippen LogP contribution in [0, 0.1) is 0 Å². The molecule has 0 atom stereocenters. The SMILES string of the molecule is C=CCC[Si](C=C)(CCC=C)CCC=C. The predicted octanol–water partition coefficient (Wildman–Crippen LogP) is 4.89. The molecule has 0 saturated heterocycles. The van der Waals surface area contributed by atoms with Gasteiger partial charge in [-0.1, -0.05) is 36.4 Å². The van der Waals surface area contributed by atoms with Crippen LogP contribution in [0.25, 0.3) is 0 Å². The zero-order valence-corrected chi connectivity index (χ0v) is 10.9. The normalized spacial score (nSPS) is 10.7. The van der Waals surface area contributed by atoms with Crippen LogP contribution < -0.4 is 0 Å². The predicted molar refractivity (Wildman–Crippen MR) is 74.8 cm³/mol. The Morgan fingerprint density at radius 3 is 1.20 bits per heavy atom. The Morgan fingerprint density at radius 1 is 0.667 bits per heavy atom. The molecule has 0 unspecified atom stereocenters. The average molecular weight is 220 g/mol. The molecule has 1 heteroatoms. The lowest BCUT2D eigenvalue weighted by molar-refractivity contribution is 1.03. The second-order valence-corrected chi connectivity index (χ2v) is 8.68. The Balaban J connectivity index is 4.41. The van der Waals surface area contributed by atoms with Gasteiger partial charge in [0.15, 0.2) is 0 Å². The van der Waals surface area contributed by atoms with Crippen LogP contribution in [0.5, 0.6) is 0 Å². The Hall–Kier alpha value is -0.823. The van der Waals surface area contributed by atoms with Crippen molar-refractivity contribution in [2.75, 3.05) is 0 Å². The molecule has 0 aliphatic carbocycles. The van der Waals surface area contributed by atoms with Crippen molar-refractivity contribution in [3.63, 3.8) is 0 Å². The summed E-state index contributed by atoms with van der Waals surface area (Å²) < 4.78 is 0. The first kappa shape index (κ1) is 14.2. The van der Waals surface area contributed by atoms with Gasteiger partial charge in [-0.2, -0.15) is 0 Å². The highest BCUT2D eigenvalue weighted by atomic mass is 28.3.